The number of aromatic nitrogens is 2. The molecule has 3 heterocycles. The standard InChI is InChI=1S/C18H17N3O2S/c22-18(17-14-4-1-2-5-15(14)23-21-17)20-10-12-8-13(11-19-9-12)16-6-3-7-24-16/h3,6-9,11H,1-2,4-5,10H2,(H,20,22). The van der Waals surface area contributed by atoms with Gasteiger partial charge < -0.3 is 9.84 Å². The Labute approximate surface area is 143 Å². The number of carbonyl (C=O) groups excluding carboxylic acids is 1. The molecule has 1 N–H and O–H groups in total. The first-order chi connectivity index (χ1) is 11.8. The van der Waals surface area contributed by atoms with Gasteiger partial charge in [0.2, 0.25) is 0 Å². The highest BCUT2D eigenvalue weighted by atomic mass is 32.1. The SMILES string of the molecule is O=C(NCc1cncc(-c2cccs2)c1)c1noc2c1CCCC2. The highest BCUT2D eigenvalue weighted by Gasteiger charge is 2.23. The second kappa shape index (κ2) is 6.57. The van der Waals surface area contributed by atoms with Crippen LogP contribution in [0.2, 0.25) is 0 Å². The molecule has 0 bridgehead atoms. The van der Waals surface area contributed by atoms with E-state index in [9.17, 15) is 4.79 Å². The Morgan fingerprint density at radius 2 is 2.21 bits per heavy atom. The van der Waals surface area contributed by atoms with E-state index in [4.69, 9.17) is 4.52 Å². The van der Waals surface area contributed by atoms with Gasteiger partial charge in [0, 0.05) is 41.4 Å². The Kier molecular flexibility index (Phi) is 4.13. The number of aryl methyl sites for hydroxylation is 1. The van der Waals surface area contributed by atoms with Gasteiger partial charge in [-0.1, -0.05) is 11.2 Å². The minimum absolute atomic E-state index is 0.177. The summed E-state index contributed by atoms with van der Waals surface area (Å²) in [6.45, 7) is 0.423. The van der Waals surface area contributed by atoms with Crippen LogP contribution in [0.15, 0.2) is 40.5 Å². The molecule has 0 atom stereocenters. The summed E-state index contributed by atoms with van der Waals surface area (Å²) in [5, 5.41) is 8.93. The molecule has 122 valence electrons. The van der Waals surface area contributed by atoms with Gasteiger partial charge >= 0.3 is 0 Å². The van der Waals surface area contributed by atoms with E-state index in [0.29, 0.717) is 12.2 Å². The van der Waals surface area contributed by atoms with Gasteiger partial charge in [-0.25, -0.2) is 0 Å². The Morgan fingerprint density at radius 1 is 1.29 bits per heavy atom. The molecule has 0 aliphatic heterocycles. The fraction of sp³-hybridized carbons (Fsp3) is 0.278. The van der Waals surface area contributed by atoms with Gasteiger partial charge in [0.25, 0.3) is 5.91 Å². The van der Waals surface area contributed by atoms with Gasteiger partial charge in [-0.15, -0.1) is 11.3 Å². The van der Waals surface area contributed by atoms with E-state index in [1.165, 1.54) is 4.88 Å². The van der Waals surface area contributed by atoms with Crippen LogP contribution < -0.4 is 5.32 Å². The molecule has 0 spiro atoms. The molecule has 0 aromatic carbocycles. The van der Waals surface area contributed by atoms with Crippen molar-refractivity contribution in [3.8, 4) is 10.4 Å². The molecule has 1 aliphatic carbocycles. The van der Waals surface area contributed by atoms with Gasteiger partial charge in [-0.2, -0.15) is 0 Å². The van der Waals surface area contributed by atoms with Crippen LogP contribution in [0.1, 0.15) is 40.2 Å². The van der Waals surface area contributed by atoms with Crippen LogP contribution in [0.5, 0.6) is 0 Å². The van der Waals surface area contributed by atoms with E-state index < -0.39 is 0 Å². The number of hydrogen-bond acceptors (Lipinski definition) is 5. The monoisotopic (exact) mass is 339 g/mol. The first-order valence-corrected chi connectivity index (χ1v) is 8.92. The topological polar surface area (TPSA) is 68.0 Å². The summed E-state index contributed by atoms with van der Waals surface area (Å²) in [4.78, 5) is 17.9. The number of carbonyl (C=O) groups is 1. The third-order valence-corrected chi connectivity index (χ3v) is 5.14. The van der Waals surface area contributed by atoms with E-state index in [-0.39, 0.29) is 5.91 Å². The smallest absolute Gasteiger partial charge is 0.274 e. The predicted octanol–water partition coefficient (Wildman–Crippen LogP) is 3.61. The number of nitrogens with one attached hydrogen (secondary N) is 1. The number of pyridine rings is 1. The van der Waals surface area contributed by atoms with Crippen LogP contribution in [0.4, 0.5) is 0 Å². The molecule has 3 aromatic rings. The zero-order chi connectivity index (χ0) is 16.4. The Bertz CT molecular complexity index is 855. The van der Waals surface area contributed by atoms with Crippen LogP contribution in [0.25, 0.3) is 10.4 Å². The highest BCUT2D eigenvalue weighted by Crippen LogP contribution is 2.25. The number of nitrogens with zero attached hydrogens (tertiary/aromatic N) is 2. The number of thiophene rings is 1. The summed E-state index contributed by atoms with van der Waals surface area (Å²) >= 11 is 1.67. The van der Waals surface area contributed by atoms with E-state index in [1.54, 1.807) is 17.5 Å². The van der Waals surface area contributed by atoms with Crippen LogP contribution in [-0.2, 0) is 19.4 Å². The van der Waals surface area contributed by atoms with Crippen molar-refractivity contribution < 1.29 is 9.32 Å². The molecule has 1 amide bonds. The van der Waals surface area contributed by atoms with Crippen molar-refractivity contribution >= 4 is 17.2 Å². The minimum atomic E-state index is -0.177. The van der Waals surface area contributed by atoms with E-state index in [1.807, 2.05) is 17.6 Å². The lowest BCUT2D eigenvalue weighted by atomic mass is 9.96. The summed E-state index contributed by atoms with van der Waals surface area (Å²) in [5.74, 6) is 0.691. The largest absolute Gasteiger partial charge is 0.360 e. The van der Waals surface area contributed by atoms with Gasteiger partial charge in [0.15, 0.2) is 5.69 Å². The molecule has 0 unspecified atom stereocenters. The zero-order valence-corrected chi connectivity index (χ0v) is 13.9. The van der Waals surface area contributed by atoms with E-state index in [2.05, 4.69) is 27.6 Å². The van der Waals surface area contributed by atoms with Crippen molar-refractivity contribution in [2.45, 2.75) is 32.2 Å². The van der Waals surface area contributed by atoms with Gasteiger partial charge in [0.1, 0.15) is 5.76 Å². The number of fused-ring (bicyclic) bond motifs is 1. The average Bonchev–Trinajstić information content (AvgIpc) is 3.29. The molecule has 0 saturated carbocycles. The molecule has 3 aromatic heterocycles. The lowest BCUT2D eigenvalue weighted by molar-refractivity contribution is 0.0941. The van der Waals surface area contributed by atoms with Crippen LogP contribution in [0.3, 0.4) is 0 Å². The Hall–Kier alpha value is -2.47. The van der Waals surface area contributed by atoms with Crippen molar-refractivity contribution in [1.29, 1.82) is 0 Å². The van der Waals surface area contributed by atoms with E-state index in [0.717, 1.165) is 48.1 Å². The lowest BCUT2D eigenvalue weighted by Gasteiger charge is -2.09. The van der Waals surface area contributed by atoms with Gasteiger partial charge in [-0.3, -0.25) is 9.78 Å². The maximum absolute atomic E-state index is 12.4. The second-order valence-corrected chi connectivity index (χ2v) is 6.83. The minimum Gasteiger partial charge on any atom is -0.360 e. The van der Waals surface area contributed by atoms with Crippen molar-refractivity contribution in [1.82, 2.24) is 15.5 Å². The van der Waals surface area contributed by atoms with Crippen LogP contribution in [-0.4, -0.2) is 16.0 Å². The lowest BCUT2D eigenvalue weighted by Crippen LogP contribution is -2.24. The molecular formula is C18H17N3O2S. The summed E-state index contributed by atoms with van der Waals surface area (Å²) in [6, 6.07) is 6.13. The van der Waals surface area contributed by atoms with Crippen LogP contribution >= 0.6 is 11.3 Å². The molecule has 1 aliphatic rings. The third kappa shape index (κ3) is 2.97. The van der Waals surface area contributed by atoms with E-state index >= 15 is 0 Å². The molecule has 0 radical (unpaired) electrons. The summed E-state index contributed by atoms with van der Waals surface area (Å²) in [7, 11) is 0. The highest BCUT2D eigenvalue weighted by molar-refractivity contribution is 7.13. The predicted molar refractivity (Wildman–Crippen MR) is 91.9 cm³/mol. The fourth-order valence-corrected chi connectivity index (χ4v) is 3.70. The Morgan fingerprint density at radius 3 is 3.08 bits per heavy atom. The Balaban J connectivity index is 1.46. The normalized spacial score (nSPS) is 13.5. The maximum atomic E-state index is 12.4. The molecule has 0 saturated heterocycles. The van der Waals surface area contributed by atoms with Crippen LogP contribution in [0, 0.1) is 0 Å². The first-order valence-electron chi connectivity index (χ1n) is 8.04. The van der Waals surface area contributed by atoms with Crippen molar-refractivity contribution in [3.63, 3.8) is 0 Å². The molecule has 4 rings (SSSR count). The van der Waals surface area contributed by atoms with Crippen molar-refractivity contribution in [2.75, 3.05) is 0 Å². The summed E-state index contributed by atoms with van der Waals surface area (Å²) in [6.07, 6.45) is 7.55. The summed E-state index contributed by atoms with van der Waals surface area (Å²) < 4.78 is 5.31. The van der Waals surface area contributed by atoms with Crippen molar-refractivity contribution in [3.05, 3.63) is 58.6 Å². The first kappa shape index (κ1) is 15.1. The second-order valence-electron chi connectivity index (χ2n) is 5.88. The van der Waals surface area contributed by atoms with Gasteiger partial charge in [-0.05, 0) is 42.3 Å². The number of rotatable bonds is 4. The fourth-order valence-electron chi connectivity index (χ4n) is 2.99. The third-order valence-electron chi connectivity index (χ3n) is 4.22. The number of hydrogen-bond donors (Lipinski definition) is 1. The van der Waals surface area contributed by atoms with Crippen molar-refractivity contribution in [2.24, 2.45) is 0 Å². The maximum Gasteiger partial charge on any atom is 0.274 e. The average molecular weight is 339 g/mol. The molecule has 5 nitrogen and oxygen atoms in total. The van der Waals surface area contributed by atoms with Gasteiger partial charge in [0.05, 0.1) is 0 Å². The molecule has 24 heavy (non-hydrogen) atoms. The zero-order valence-electron chi connectivity index (χ0n) is 13.1. The summed E-state index contributed by atoms with van der Waals surface area (Å²) in [5.41, 5.74) is 3.44. The number of amides is 1. The molecular weight excluding hydrogens is 322 g/mol. The molecule has 6 heteroatoms. The quantitative estimate of drug-likeness (QED) is 0.788. The molecule has 0 fully saturated rings.